The van der Waals surface area contributed by atoms with E-state index < -0.39 is 34.9 Å². The Hall–Kier alpha value is -4.14. The van der Waals surface area contributed by atoms with Crippen molar-refractivity contribution in [2.24, 2.45) is 5.92 Å². The quantitative estimate of drug-likeness (QED) is 0.270. The number of thiazole rings is 1. The fourth-order valence-electron chi connectivity index (χ4n) is 5.74. The van der Waals surface area contributed by atoms with Crippen molar-refractivity contribution in [3.8, 4) is 11.5 Å². The smallest absolute Gasteiger partial charge is 0.338 e. The van der Waals surface area contributed by atoms with E-state index in [2.05, 4.69) is 4.98 Å². The molecule has 0 spiro atoms. The molecule has 0 aliphatic carbocycles. The lowest BCUT2D eigenvalue weighted by Crippen LogP contribution is -2.43. The van der Waals surface area contributed by atoms with Gasteiger partial charge in [0.15, 0.2) is 18.1 Å². The first-order valence-corrected chi connectivity index (χ1v) is 16.3. The number of morpholine rings is 1. The molecule has 0 bridgehead atoms. The molecule has 14 heteroatoms. The Morgan fingerprint density at radius 1 is 0.956 bits per heavy atom. The first kappa shape index (κ1) is 30.9. The van der Waals surface area contributed by atoms with Crippen molar-refractivity contribution < 1.29 is 38.1 Å². The Labute approximate surface area is 266 Å². The average Bonchev–Trinajstić information content (AvgIpc) is 3.54. The van der Waals surface area contributed by atoms with Crippen LogP contribution in [0.3, 0.4) is 0 Å². The third-order valence-electron chi connectivity index (χ3n) is 7.80. The second-order valence-corrected chi connectivity index (χ2v) is 12.6. The van der Waals surface area contributed by atoms with Crippen LogP contribution in [0.2, 0.25) is 0 Å². The van der Waals surface area contributed by atoms with Crippen LogP contribution in [0.25, 0.3) is 0 Å². The zero-order chi connectivity index (χ0) is 31.7. The van der Waals surface area contributed by atoms with Gasteiger partial charge < -0.3 is 28.8 Å². The molecule has 236 valence electrons. The second-order valence-electron chi connectivity index (χ2n) is 10.5. The Bertz CT molecular complexity index is 1680. The van der Waals surface area contributed by atoms with Gasteiger partial charge in [-0.3, -0.25) is 19.2 Å². The summed E-state index contributed by atoms with van der Waals surface area (Å²) in [6, 6.07) is 11.3. The van der Waals surface area contributed by atoms with Crippen LogP contribution in [-0.4, -0.2) is 84.9 Å². The number of nitrogens with zero attached hydrogens (tertiary/aromatic N) is 2. The van der Waals surface area contributed by atoms with Crippen molar-refractivity contribution in [3.63, 3.8) is 0 Å². The normalized spacial score (nSPS) is 20.9. The number of anilines is 1. The first-order valence-electron chi connectivity index (χ1n) is 14.6. The van der Waals surface area contributed by atoms with Gasteiger partial charge in [0.2, 0.25) is 11.8 Å². The average molecular weight is 654 g/mol. The van der Waals surface area contributed by atoms with Crippen molar-refractivity contribution in [2.75, 3.05) is 51.0 Å². The fraction of sp³-hybridized carbons (Fsp3) is 0.387. The maximum atomic E-state index is 14.1. The number of carbonyl (C=O) groups is 4. The van der Waals surface area contributed by atoms with E-state index in [0.29, 0.717) is 71.1 Å². The monoisotopic (exact) mass is 653 g/mol. The maximum Gasteiger partial charge on any atom is 0.338 e. The molecule has 0 radical (unpaired) electrons. The molecule has 45 heavy (non-hydrogen) atoms. The molecule has 6 rings (SSSR count). The molecule has 2 fully saturated rings. The van der Waals surface area contributed by atoms with Gasteiger partial charge in [-0.05, 0) is 55.8 Å². The van der Waals surface area contributed by atoms with E-state index in [4.69, 9.17) is 18.9 Å². The van der Waals surface area contributed by atoms with Crippen molar-refractivity contribution in [2.45, 2.75) is 30.0 Å². The molecule has 3 aliphatic rings. The number of nitrogens with one attached hydrogen (secondary N) is 1. The van der Waals surface area contributed by atoms with Crippen LogP contribution in [0, 0.1) is 5.92 Å². The summed E-state index contributed by atoms with van der Waals surface area (Å²) in [5.74, 6) is -2.17. The third-order valence-corrected chi connectivity index (χ3v) is 10.2. The number of H-pyrrole nitrogens is 1. The van der Waals surface area contributed by atoms with Crippen molar-refractivity contribution in [3.05, 3.63) is 68.1 Å². The summed E-state index contributed by atoms with van der Waals surface area (Å²) in [5, 5.41) is -0.242. The van der Waals surface area contributed by atoms with Gasteiger partial charge in [-0.25, -0.2) is 9.69 Å². The number of fused-ring (bicyclic) bond motifs is 2. The number of ether oxygens (including phenoxy) is 4. The number of aromatic nitrogens is 1. The molecule has 3 amide bonds. The number of amides is 3. The minimum Gasteiger partial charge on any atom is -0.490 e. The second kappa shape index (κ2) is 13.1. The van der Waals surface area contributed by atoms with Gasteiger partial charge in [0.05, 0.1) is 48.6 Å². The van der Waals surface area contributed by atoms with E-state index >= 15 is 0 Å². The van der Waals surface area contributed by atoms with Gasteiger partial charge in [0.1, 0.15) is 5.25 Å². The van der Waals surface area contributed by atoms with Crippen LogP contribution in [0.1, 0.15) is 40.6 Å². The van der Waals surface area contributed by atoms with Crippen LogP contribution in [-0.2, 0) is 23.9 Å². The molecule has 1 aromatic heterocycles. The Morgan fingerprint density at radius 2 is 1.71 bits per heavy atom. The highest BCUT2D eigenvalue weighted by Crippen LogP contribution is 2.53. The summed E-state index contributed by atoms with van der Waals surface area (Å²) in [5.41, 5.74) is 1.31. The maximum absolute atomic E-state index is 14.1. The minimum atomic E-state index is -0.810. The molecule has 12 nitrogen and oxygen atoms in total. The Morgan fingerprint density at radius 3 is 2.42 bits per heavy atom. The predicted molar refractivity (Wildman–Crippen MR) is 165 cm³/mol. The van der Waals surface area contributed by atoms with Crippen LogP contribution in [0.4, 0.5) is 5.69 Å². The molecule has 3 aliphatic heterocycles. The Balaban J connectivity index is 1.31. The van der Waals surface area contributed by atoms with Crippen molar-refractivity contribution in [1.29, 1.82) is 0 Å². The number of esters is 1. The standard InChI is InChI=1S/C31H31N3O9S2/c1-3-41-21-15-18(7-10-20(21)43-16-22(35)33-11-13-40-14-12-33)23-24-26(44-27-25(23)45-31(39)32-27)29(37)34(28(24)36)19-8-5-17(6-9-19)30(38)42-4-2/h5-10,15,23-24,26H,3-4,11-14,16H2,1-2H3,(H,32,39). The lowest BCUT2D eigenvalue weighted by atomic mass is 9.83. The van der Waals surface area contributed by atoms with E-state index in [9.17, 15) is 24.0 Å². The van der Waals surface area contributed by atoms with Gasteiger partial charge in [-0.15, -0.1) is 0 Å². The van der Waals surface area contributed by atoms with Crippen molar-refractivity contribution in [1.82, 2.24) is 9.88 Å². The van der Waals surface area contributed by atoms with Gasteiger partial charge in [0, 0.05) is 23.9 Å². The van der Waals surface area contributed by atoms with Crippen LogP contribution >= 0.6 is 23.1 Å². The number of thioether (sulfide) groups is 1. The lowest BCUT2D eigenvalue weighted by Gasteiger charge is -2.30. The summed E-state index contributed by atoms with van der Waals surface area (Å²) in [6.45, 7) is 5.87. The molecular formula is C31H31N3O9S2. The van der Waals surface area contributed by atoms with E-state index in [1.54, 1.807) is 42.2 Å². The van der Waals surface area contributed by atoms with Crippen LogP contribution < -0.4 is 19.2 Å². The summed E-state index contributed by atoms with van der Waals surface area (Å²) >= 11 is 2.18. The van der Waals surface area contributed by atoms with Gasteiger partial charge >= 0.3 is 10.8 Å². The van der Waals surface area contributed by atoms with Crippen LogP contribution in [0.5, 0.6) is 11.5 Å². The highest BCUT2D eigenvalue weighted by molar-refractivity contribution is 8.00. The summed E-state index contributed by atoms with van der Waals surface area (Å²) in [6.07, 6.45) is 0. The highest BCUT2D eigenvalue weighted by Gasteiger charge is 2.56. The molecule has 4 heterocycles. The number of hydrogen-bond acceptors (Lipinski definition) is 11. The minimum absolute atomic E-state index is 0.163. The number of imide groups is 1. The van der Waals surface area contributed by atoms with Gasteiger partial charge in [0.25, 0.3) is 5.91 Å². The summed E-state index contributed by atoms with van der Waals surface area (Å²) in [4.78, 5) is 71.2. The molecular weight excluding hydrogens is 622 g/mol. The number of benzene rings is 2. The highest BCUT2D eigenvalue weighted by atomic mass is 32.2. The van der Waals surface area contributed by atoms with E-state index in [1.807, 2.05) is 6.92 Å². The van der Waals surface area contributed by atoms with E-state index in [-0.39, 0.29) is 24.0 Å². The van der Waals surface area contributed by atoms with Crippen molar-refractivity contribution >= 4 is 52.5 Å². The third kappa shape index (κ3) is 5.97. The number of rotatable bonds is 9. The molecule has 2 saturated heterocycles. The molecule has 3 aromatic rings. The molecule has 0 saturated carbocycles. The SMILES string of the molecule is CCOC(=O)c1ccc(N2C(=O)C3Sc4[nH]c(=O)sc4C(c4ccc(OCC(=O)N5CCOCC5)c(OCC)c4)C3C2=O)cc1. The fourth-order valence-corrected chi connectivity index (χ4v) is 8.26. The summed E-state index contributed by atoms with van der Waals surface area (Å²) in [7, 11) is 0. The largest absolute Gasteiger partial charge is 0.490 e. The number of hydrogen-bond donors (Lipinski definition) is 1. The Kier molecular flexibility index (Phi) is 8.97. The molecule has 1 N–H and O–H groups in total. The van der Waals surface area contributed by atoms with Gasteiger partial charge in [-0.1, -0.05) is 29.2 Å². The number of aromatic amines is 1. The zero-order valence-electron chi connectivity index (χ0n) is 24.6. The molecule has 2 aromatic carbocycles. The number of carbonyl (C=O) groups excluding carboxylic acids is 4. The lowest BCUT2D eigenvalue weighted by molar-refractivity contribution is -0.137. The topological polar surface area (TPSA) is 145 Å². The predicted octanol–water partition coefficient (Wildman–Crippen LogP) is 3.05. The zero-order valence-corrected chi connectivity index (χ0v) is 26.2. The first-order chi connectivity index (χ1) is 21.8. The van der Waals surface area contributed by atoms with E-state index in [0.717, 1.165) is 16.2 Å². The van der Waals surface area contributed by atoms with E-state index in [1.165, 1.54) is 23.9 Å². The molecule has 3 atom stereocenters. The molecule has 3 unspecified atom stereocenters. The summed E-state index contributed by atoms with van der Waals surface area (Å²) < 4.78 is 22.1. The van der Waals surface area contributed by atoms with Gasteiger partial charge in [-0.2, -0.15) is 0 Å². The van der Waals surface area contributed by atoms with Crippen LogP contribution in [0.15, 0.2) is 52.3 Å².